The van der Waals surface area contributed by atoms with Gasteiger partial charge in [0.05, 0.1) is 77.3 Å². The number of nitrogens with zero attached hydrogens (tertiary/aromatic N) is 5. The lowest BCUT2D eigenvalue weighted by Crippen LogP contribution is -2.54. The predicted molar refractivity (Wildman–Crippen MR) is 271 cm³/mol. The first kappa shape index (κ1) is 49.4. The SMILES string of the molecule is COC(=O)NC(C(=O)N1CCC[C@H]1c1ncc(-c2ccc3c(c2)c(F)c2n3C(c3ccc(C4CC4)s3)Oc3cc(-c4cnc([C@@H]5CCCN5C(=O)[C@@H](NC(=O)OC)C(C)C)[nH]4)cc(F)c3-2)[nH]1)C1CCOC(C)(C)C1. The molecule has 5 aliphatic rings. The monoisotopic (exact) mass is 1030 g/mol. The van der Waals surface area contributed by atoms with Crippen LogP contribution in [0.15, 0.2) is 54.9 Å². The summed E-state index contributed by atoms with van der Waals surface area (Å²) in [6, 6.07) is 10.2. The lowest BCUT2D eigenvalue weighted by atomic mass is 9.82. The van der Waals surface area contributed by atoms with E-state index >= 15 is 8.78 Å². The fourth-order valence-corrected chi connectivity index (χ4v) is 12.7. The molecule has 3 saturated heterocycles. The van der Waals surface area contributed by atoms with E-state index in [1.165, 1.54) is 25.2 Å². The van der Waals surface area contributed by atoms with Crippen molar-refractivity contribution in [3.05, 3.63) is 87.9 Å². The quantitative estimate of drug-likeness (QED) is 0.0915. The Morgan fingerprint density at radius 3 is 2.11 bits per heavy atom. The van der Waals surface area contributed by atoms with Crippen LogP contribution < -0.4 is 15.4 Å². The Balaban J connectivity index is 0.908. The van der Waals surface area contributed by atoms with Crippen molar-refractivity contribution in [3.8, 4) is 39.5 Å². The summed E-state index contributed by atoms with van der Waals surface area (Å²) in [5, 5.41) is 5.77. The maximum Gasteiger partial charge on any atom is 0.407 e. The largest absolute Gasteiger partial charge is 0.464 e. The number of aromatic amines is 2. The maximum atomic E-state index is 17.5. The van der Waals surface area contributed by atoms with Gasteiger partial charge in [-0.1, -0.05) is 19.9 Å². The molecule has 4 fully saturated rings. The third-order valence-corrected chi connectivity index (χ3v) is 16.7. The Hall–Kier alpha value is -6.80. The van der Waals surface area contributed by atoms with Gasteiger partial charge in [-0.15, -0.1) is 11.3 Å². The Morgan fingerprint density at radius 1 is 0.811 bits per heavy atom. The number of hydrogen-bond acceptors (Lipinski definition) is 11. The van der Waals surface area contributed by atoms with Gasteiger partial charge in [0, 0.05) is 41.1 Å². The summed E-state index contributed by atoms with van der Waals surface area (Å²) >= 11 is 1.61. The second-order valence-corrected chi connectivity index (χ2v) is 22.3. The van der Waals surface area contributed by atoms with E-state index in [2.05, 4.69) is 31.7 Å². The van der Waals surface area contributed by atoms with Gasteiger partial charge >= 0.3 is 12.2 Å². The number of carbonyl (C=O) groups is 4. The zero-order valence-corrected chi connectivity index (χ0v) is 43.1. The number of amides is 4. The third-order valence-electron chi connectivity index (χ3n) is 15.4. The first-order valence-corrected chi connectivity index (χ1v) is 26.4. The Morgan fingerprint density at radius 2 is 1.46 bits per heavy atom. The van der Waals surface area contributed by atoms with E-state index in [-0.39, 0.29) is 46.0 Å². The molecule has 74 heavy (non-hydrogen) atoms. The van der Waals surface area contributed by atoms with Crippen LogP contribution in [0.2, 0.25) is 0 Å². The number of methoxy groups -OCH3 is 2. The number of hydrogen-bond donors (Lipinski definition) is 4. The standard InChI is InChI=1S/C54H61F2N9O8S/c1-27(2)44(61-52(68)70-5)49(66)63-18-7-9-37(63)48-58-26-35(60-48)31-22-33(55)42-39(23-31)73-51(41-16-15-40(74-41)28-11-12-28)65-36-14-13-29(21-32(36)43(56)46(42)65)34-25-57-47(59-34)38-10-8-19-64(38)50(67)45(62-53(69)71-6)30-17-20-72-54(3,4)24-30/h13-16,21-23,25-28,30,37-38,44-45,51H,7-12,17-20,24H2,1-6H3,(H,57,59)(H,58,60)(H,61,68)(H,62,69)/t30?,37-,38-,44-,45?,51?/m0/s1. The average molecular weight is 1030 g/mol. The van der Waals surface area contributed by atoms with Crippen LogP contribution in [0.1, 0.15) is 125 Å². The molecule has 4 aliphatic heterocycles. The summed E-state index contributed by atoms with van der Waals surface area (Å²) in [6.07, 6.45) is 7.23. The van der Waals surface area contributed by atoms with E-state index in [0.29, 0.717) is 91.0 Å². The molecule has 6 aromatic rings. The van der Waals surface area contributed by atoms with Gasteiger partial charge in [-0.2, -0.15) is 0 Å². The number of halogens is 2. The second-order valence-electron chi connectivity index (χ2n) is 21.2. The molecule has 17 nitrogen and oxygen atoms in total. The lowest BCUT2D eigenvalue weighted by Gasteiger charge is -2.40. The fourth-order valence-electron chi connectivity index (χ4n) is 11.5. The van der Waals surface area contributed by atoms with E-state index in [9.17, 15) is 19.2 Å². The topological polar surface area (TPSA) is 198 Å². The number of thiophene rings is 1. The van der Waals surface area contributed by atoms with Crippen LogP contribution in [-0.4, -0.2) is 110 Å². The zero-order chi connectivity index (χ0) is 51.7. The van der Waals surface area contributed by atoms with Crippen LogP contribution in [0.25, 0.3) is 44.7 Å². The predicted octanol–water partition coefficient (Wildman–Crippen LogP) is 9.88. The number of H-pyrrole nitrogens is 2. The van der Waals surface area contributed by atoms with Crippen LogP contribution in [0.5, 0.6) is 5.75 Å². The minimum Gasteiger partial charge on any atom is -0.464 e. The second kappa shape index (κ2) is 19.5. The number of carbonyl (C=O) groups excluding carboxylic acids is 4. The summed E-state index contributed by atoms with van der Waals surface area (Å²) in [7, 11) is 2.53. The van der Waals surface area contributed by atoms with E-state index in [1.54, 1.807) is 50.2 Å². The molecule has 1 aliphatic carbocycles. The molecule has 8 heterocycles. The maximum absolute atomic E-state index is 17.5. The first-order valence-electron chi connectivity index (χ1n) is 25.6. The highest BCUT2D eigenvalue weighted by molar-refractivity contribution is 7.12. The van der Waals surface area contributed by atoms with E-state index in [1.807, 2.05) is 45.9 Å². The average Bonchev–Trinajstić information content (AvgIpc) is 4.10. The molecule has 3 unspecified atom stereocenters. The minimum atomic E-state index is -0.820. The molecule has 11 rings (SSSR count). The third kappa shape index (κ3) is 9.06. The Bertz CT molecular complexity index is 3160. The highest BCUT2D eigenvalue weighted by atomic mass is 32.1. The van der Waals surface area contributed by atoms with Crippen LogP contribution in [-0.2, 0) is 23.8 Å². The highest BCUT2D eigenvalue weighted by Crippen LogP contribution is 2.51. The van der Waals surface area contributed by atoms with E-state index < -0.39 is 59.8 Å². The van der Waals surface area contributed by atoms with Gasteiger partial charge in [0.15, 0.2) is 5.82 Å². The summed E-state index contributed by atoms with van der Waals surface area (Å²) in [4.78, 5) is 74.8. The van der Waals surface area contributed by atoms with Crippen LogP contribution in [0, 0.1) is 23.5 Å². The number of rotatable bonds is 12. The number of imidazole rings is 2. The van der Waals surface area contributed by atoms with Crippen molar-refractivity contribution in [1.82, 2.24) is 44.9 Å². The van der Waals surface area contributed by atoms with Crippen molar-refractivity contribution < 1.29 is 46.9 Å². The molecule has 4 amide bonds. The molecule has 2 aromatic carbocycles. The first-order chi connectivity index (χ1) is 35.6. The smallest absolute Gasteiger partial charge is 0.407 e. The van der Waals surface area contributed by atoms with Gasteiger partial charge in [-0.3, -0.25) is 14.2 Å². The van der Waals surface area contributed by atoms with Crippen molar-refractivity contribution in [2.24, 2.45) is 11.8 Å². The molecule has 390 valence electrons. The minimum absolute atomic E-state index is 0.0107. The molecule has 4 N–H and O–H groups in total. The van der Waals surface area contributed by atoms with E-state index in [0.717, 1.165) is 30.6 Å². The molecule has 6 atom stereocenters. The molecule has 0 radical (unpaired) electrons. The number of fused-ring (bicyclic) bond motifs is 5. The Kier molecular flexibility index (Phi) is 13.0. The number of benzene rings is 2. The molecular weight excluding hydrogens is 973 g/mol. The number of aromatic nitrogens is 5. The van der Waals surface area contributed by atoms with Crippen molar-refractivity contribution in [3.63, 3.8) is 0 Å². The fraction of sp³-hybridized carbons (Fsp3) is 0.481. The summed E-state index contributed by atoms with van der Waals surface area (Å²) in [5.74, 6) is -0.388. The van der Waals surface area contributed by atoms with Crippen molar-refractivity contribution in [2.45, 2.75) is 121 Å². The van der Waals surface area contributed by atoms with E-state index in [4.69, 9.17) is 23.9 Å². The molecule has 0 bridgehead atoms. The summed E-state index contributed by atoms with van der Waals surface area (Å²) in [6.45, 7) is 9.10. The number of likely N-dealkylation sites (tertiary alicyclic amines) is 2. The number of alkyl carbamates (subject to hydrolysis) is 2. The molecule has 20 heteroatoms. The van der Waals surface area contributed by atoms with Crippen molar-refractivity contribution in [1.29, 1.82) is 0 Å². The van der Waals surface area contributed by atoms with Gasteiger partial charge in [0.25, 0.3) is 0 Å². The normalized spacial score (nSPS) is 22.0. The van der Waals surface area contributed by atoms with Crippen LogP contribution >= 0.6 is 11.3 Å². The summed E-state index contributed by atoms with van der Waals surface area (Å²) < 4.78 is 58.8. The molecular formula is C54H61F2N9O8S. The van der Waals surface area contributed by atoms with Gasteiger partial charge in [-0.05, 0) is 119 Å². The van der Waals surface area contributed by atoms with Crippen molar-refractivity contribution >= 4 is 46.2 Å². The Labute approximate surface area is 430 Å². The molecule has 0 spiro atoms. The van der Waals surface area contributed by atoms with Gasteiger partial charge < -0.3 is 49.3 Å². The van der Waals surface area contributed by atoms with Crippen LogP contribution in [0.3, 0.4) is 0 Å². The number of ether oxygens (including phenoxy) is 4. The van der Waals surface area contributed by atoms with Gasteiger partial charge in [-0.25, -0.2) is 28.3 Å². The number of nitrogens with one attached hydrogen (secondary N) is 4. The molecule has 1 saturated carbocycles. The molecule has 4 aromatic heterocycles. The highest BCUT2D eigenvalue weighted by Gasteiger charge is 2.44. The lowest BCUT2D eigenvalue weighted by molar-refractivity contribution is -0.139. The van der Waals surface area contributed by atoms with Gasteiger partial charge in [0.2, 0.25) is 18.0 Å². The van der Waals surface area contributed by atoms with Crippen molar-refractivity contribution in [2.75, 3.05) is 33.9 Å². The summed E-state index contributed by atoms with van der Waals surface area (Å²) in [5.41, 5.74) is 2.28. The zero-order valence-electron chi connectivity index (χ0n) is 42.3. The van der Waals surface area contributed by atoms with Gasteiger partial charge in [0.1, 0.15) is 35.3 Å². The van der Waals surface area contributed by atoms with Crippen LogP contribution in [0.4, 0.5) is 18.4 Å².